The van der Waals surface area contributed by atoms with E-state index >= 15 is 0 Å². The molecule has 7 heteroatoms. The van der Waals surface area contributed by atoms with Crippen molar-refractivity contribution in [1.29, 1.82) is 5.26 Å². The third-order valence-electron chi connectivity index (χ3n) is 5.09. The number of nitrogen functional groups attached to an aromatic ring is 1. The van der Waals surface area contributed by atoms with Gasteiger partial charge in [-0.15, -0.1) is 0 Å². The maximum absolute atomic E-state index is 12.3. The highest BCUT2D eigenvalue weighted by atomic mass is 35.5. The average molecular weight is 392 g/mol. The van der Waals surface area contributed by atoms with Gasteiger partial charge >= 0.3 is 0 Å². The molecule has 2 heterocycles. The summed E-state index contributed by atoms with van der Waals surface area (Å²) in [6, 6.07) is 11.5. The van der Waals surface area contributed by atoms with E-state index in [-0.39, 0.29) is 17.7 Å². The number of rotatable bonds is 4. The predicted octanol–water partition coefficient (Wildman–Crippen LogP) is 4.33. The molecule has 1 aromatic carbocycles. The third-order valence-corrected chi connectivity index (χ3v) is 5.40. The molecule has 4 rings (SSSR count). The fourth-order valence-electron chi connectivity index (χ4n) is 3.46. The summed E-state index contributed by atoms with van der Waals surface area (Å²) in [6.45, 7) is 1.97. The quantitative estimate of drug-likeness (QED) is 0.688. The van der Waals surface area contributed by atoms with E-state index in [2.05, 4.69) is 21.4 Å². The lowest BCUT2D eigenvalue weighted by atomic mass is 10.0. The molecular formula is C21H18ClN5O. The Balaban J connectivity index is 1.67. The van der Waals surface area contributed by atoms with E-state index in [0.717, 1.165) is 22.9 Å². The van der Waals surface area contributed by atoms with Crippen molar-refractivity contribution < 1.29 is 4.79 Å². The van der Waals surface area contributed by atoms with Crippen molar-refractivity contribution in [3.05, 3.63) is 47.1 Å². The predicted molar refractivity (Wildman–Crippen MR) is 110 cm³/mol. The maximum Gasteiger partial charge on any atom is 0.228 e. The van der Waals surface area contributed by atoms with Crippen molar-refractivity contribution in [1.82, 2.24) is 9.97 Å². The summed E-state index contributed by atoms with van der Waals surface area (Å²) in [7, 11) is 0. The number of carbonyl (C=O) groups excluding carboxylic acids is 1. The Labute approximate surface area is 167 Å². The van der Waals surface area contributed by atoms with Gasteiger partial charge in [-0.25, -0.2) is 9.97 Å². The summed E-state index contributed by atoms with van der Waals surface area (Å²) < 4.78 is 0. The molecule has 0 radical (unpaired) electrons. The molecule has 0 saturated heterocycles. The minimum absolute atomic E-state index is 0.101. The molecule has 28 heavy (non-hydrogen) atoms. The molecule has 6 nitrogen and oxygen atoms in total. The number of halogens is 1. The Morgan fingerprint density at radius 1 is 1.43 bits per heavy atom. The highest BCUT2D eigenvalue weighted by Gasteiger charge is 2.42. The number of hydrogen-bond acceptors (Lipinski definition) is 5. The van der Waals surface area contributed by atoms with Gasteiger partial charge in [0.2, 0.25) is 5.91 Å². The van der Waals surface area contributed by atoms with Gasteiger partial charge in [0.15, 0.2) is 0 Å². The molecule has 2 atom stereocenters. The first-order valence-electron chi connectivity index (χ1n) is 8.97. The molecular weight excluding hydrogens is 374 g/mol. The zero-order chi connectivity index (χ0) is 19.8. The number of nitrogens with two attached hydrogens (primary N) is 1. The van der Waals surface area contributed by atoms with Crippen molar-refractivity contribution in [2.24, 2.45) is 11.8 Å². The molecule has 2 aromatic heterocycles. The minimum Gasteiger partial charge on any atom is -0.383 e. The number of nitrogens with zero attached hydrogens (tertiary/aromatic N) is 3. The van der Waals surface area contributed by atoms with Gasteiger partial charge in [-0.3, -0.25) is 4.79 Å². The van der Waals surface area contributed by atoms with E-state index in [4.69, 9.17) is 22.6 Å². The van der Waals surface area contributed by atoms with E-state index in [0.29, 0.717) is 34.2 Å². The van der Waals surface area contributed by atoms with Crippen molar-refractivity contribution in [2.45, 2.75) is 19.8 Å². The van der Waals surface area contributed by atoms with E-state index < -0.39 is 0 Å². The number of aromatic nitrogens is 2. The molecule has 1 aliphatic carbocycles. The van der Waals surface area contributed by atoms with Crippen LogP contribution < -0.4 is 11.1 Å². The topological polar surface area (TPSA) is 105 Å². The van der Waals surface area contributed by atoms with Gasteiger partial charge in [0.05, 0.1) is 16.8 Å². The first-order valence-corrected chi connectivity index (χ1v) is 9.35. The van der Waals surface area contributed by atoms with Crippen molar-refractivity contribution in [2.75, 3.05) is 11.1 Å². The van der Waals surface area contributed by atoms with Crippen LogP contribution in [0.4, 0.5) is 11.6 Å². The summed E-state index contributed by atoms with van der Waals surface area (Å²) in [6.07, 6.45) is 2.77. The zero-order valence-electron chi connectivity index (χ0n) is 15.2. The Kier molecular flexibility index (Phi) is 4.62. The van der Waals surface area contributed by atoms with Gasteiger partial charge in [-0.05, 0) is 48.4 Å². The SMILES string of the molecule is Cc1cccc(Cl)c1-c1cc2cc(NC(=O)C3CC3CC#N)ncc2c(N)n1. The number of hydrogen-bond donors (Lipinski definition) is 2. The average Bonchev–Trinajstić information content (AvgIpc) is 3.41. The second kappa shape index (κ2) is 7.10. The maximum atomic E-state index is 12.3. The minimum atomic E-state index is -0.110. The van der Waals surface area contributed by atoms with Crippen LogP contribution >= 0.6 is 11.6 Å². The van der Waals surface area contributed by atoms with E-state index in [1.807, 2.05) is 31.2 Å². The molecule has 0 aliphatic heterocycles. The molecule has 2 unspecified atom stereocenters. The van der Waals surface area contributed by atoms with Crippen molar-refractivity contribution in [3.63, 3.8) is 0 Å². The van der Waals surface area contributed by atoms with Gasteiger partial charge in [0, 0.05) is 29.5 Å². The van der Waals surface area contributed by atoms with Crippen LogP contribution in [0.5, 0.6) is 0 Å². The van der Waals surface area contributed by atoms with Crippen molar-refractivity contribution in [3.8, 4) is 17.3 Å². The summed E-state index contributed by atoms with van der Waals surface area (Å²) in [5.74, 6) is 0.749. The van der Waals surface area contributed by atoms with Gasteiger partial charge in [-0.1, -0.05) is 23.7 Å². The Hall–Kier alpha value is -3.17. The van der Waals surface area contributed by atoms with Crippen LogP contribution in [-0.4, -0.2) is 15.9 Å². The van der Waals surface area contributed by atoms with Crippen LogP contribution in [-0.2, 0) is 4.79 Å². The molecule has 3 aromatic rings. The number of amides is 1. The fourth-order valence-corrected chi connectivity index (χ4v) is 3.78. The van der Waals surface area contributed by atoms with Gasteiger partial charge in [-0.2, -0.15) is 5.26 Å². The summed E-state index contributed by atoms with van der Waals surface area (Å²) in [4.78, 5) is 21.1. The molecule has 3 N–H and O–H groups in total. The summed E-state index contributed by atoms with van der Waals surface area (Å²) in [5, 5.41) is 13.7. The molecule has 1 fully saturated rings. The lowest BCUT2D eigenvalue weighted by Gasteiger charge is -2.11. The Bertz CT molecular complexity index is 1120. The highest BCUT2D eigenvalue weighted by Crippen LogP contribution is 2.41. The fraction of sp³-hybridized carbons (Fsp3) is 0.238. The second-order valence-electron chi connectivity index (χ2n) is 7.07. The molecule has 1 amide bonds. The largest absolute Gasteiger partial charge is 0.383 e. The Morgan fingerprint density at radius 3 is 3.00 bits per heavy atom. The third kappa shape index (κ3) is 3.37. The lowest BCUT2D eigenvalue weighted by Crippen LogP contribution is -2.15. The number of carbonyl (C=O) groups is 1. The van der Waals surface area contributed by atoms with E-state index in [1.165, 1.54) is 0 Å². The van der Waals surface area contributed by atoms with Crippen LogP contribution in [0.2, 0.25) is 5.02 Å². The number of pyridine rings is 2. The number of anilines is 2. The van der Waals surface area contributed by atoms with Crippen LogP contribution in [0.1, 0.15) is 18.4 Å². The summed E-state index contributed by atoms with van der Waals surface area (Å²) in [5.41, 5.74) is 8.65. The summed E-state index contributed by atoms with van der Waals surface area (Å²) >= 11 is 6.38. The molecule has 0 bridgehead atoms. The van der Waals surface area contributed by atoms with E-state index in [1.54, 1.807) is 12.3 Å². The van der Waals surface area contributed by atoms with Crippen LogP contribution in [0.25, 0.3) is 22.0 Å². The second-order valence-corrected chi connectivity index (χ2v) is 7.48. The first-order chi connectivity index (χ1) is 13.5. The molecule has 0 spiro atoms. The molecule has 1 aliphatic rings. The monoisotopic (exact) mass is 391 g/mol. The Morgan fingerprint density at radius 2 is 2.25 bits per heavy atom. The molecule has 1 saturated carbocycles. The van der Waals surface area contributed by atoms with Gasteiger partial charge in [0.25, 0.3) is 0 Å². The first kappa shape index (κ1) is 18.2. The standard InChI is InChI=1S/C21H18ClN5O/c1-11-3-2-4-16(22)19(11)17-8-13-9-18(25-10-15(13)20(24)26-17)27-21(28)14-7-12(14)5-6-23/h2-4,8-10,12,14H,5,7H2,1H3,(H2,24,26)(H,25,27,28). The number of aryl methyl sites for hydroxylation is 1. The van der Waals surface area contributed by atoms with Crippen LogP contribution in [0.3, 0.4) is 0 Å². The molecule has 140 valence electrons. The smallest absolute Gasteiger partial charge is 0.228 e. The number of nitriles is 1. The number of benzene rings is 1. The lowest BCUT2D eigenvalue weighted by molar-refractivity contribution is -0.117. The van der Waals surface area contributed by atoms with Gasteiger partial charge < -0.3 is 11.1 Å². The van der Waals surface area contributed by atoms with Crippen LogP contribution in [0, 0.1) is 30.1 Å². The van der Waals surface area contributed by atoms with Gasteiger partial charge in [0.1, 0.15) is 11.6 Å². The number of nitrogens with one attached hydrogen (secondary N) is 1. The van der Waals surface area contributed by atoms with Crippen LogP contribution in [0.15, 0.2) is 36.5 Å². The normalized spacial score (nSPS) is 17.9. The number of fused-ring (bicyclic) bond motifs is 1. The van der Waals surface area contributed by atoms with Crippen molar-refractivity contribution >= 4 is 39.9 Å². The highest BCUT2D eigenvalue weighted by molar-refractivity contribution is 6.33. The zero-order valence-corrected chi connectivity index (χ0v) is 16.0. The van der Waals surface area contributed by atoms with E-state index in [9.17, 15) is 4.79 Å².